The molecule has 0 saturated carbocycles. The summed E-state index contributed by atoms with van der Waals surface area (Å²) in [6.07, 6.45) is 7.07. The van der Waals surface area contributed by atoms with Gasteiger partial charge >= 0.3 is 450 Å². The van der Waals surface area contributed by atoms with Crippen LogP contribution in [0.2, 0.25) is 0 Å². The van der Waals surface area contributed by atoms with Gasteiger partial charge in [0.15, 0.2) is 0 Å². The van der Waals surface area contributed by atoms with E-state index in [1.165, 1.54) is 114 Å². The maximum atomic E-state index is 9.70. The fourth-order valence-electron chi connectivity index (χ4n) is 12.9. The summed E-state index contributed by atoms with van der Waals surface area (Å²) < 4.78 is 1.02. The molecular weight excluding hydrogens is 1010 g/mol. The number of benzene rings is 6. The normalized spacial score (nSPS) is 17.7. The molecule has 2 aliphatic carbocycles. The summed E-state index contributed by atoms with van der Waals surface area (Å²) in [6.45, 7) is 42.4. The molecule has 0 spiro atoms. The van der Waals surface area contributed by atoms with Crippen LogP contribution in [0.3, 0.4) is 0 Å². The van der Waals surface area contributed by atoms with Crippen LogP contribution in [0.15, 0.2) is 114 Å². The fraction of sp³-hybridized carbons (Fsp3) is 0.412. The van der Waals surface area contributed by atoms with E-state index in [1.54, 1.807) is 0 Å². The van der Waals surface area contributed by atoms with Crippen LogP contribution >= 0.6 is 17.0 Å². The van der Waals surface area contributed by atoms with E-state index in [0.717, 1.165) is 12.8 Å². The second kappa shape index (κ2) is 18.4. The topological polar surface area (TPSA) is 0 Å². The van der Waals surface area contributed by atoms with Crippen LogP contribution in [-0.2, 0) is 38.1 Å². The van der Waals surface area contributed by atoms with Gasteiger partial charge in [-0.1, -0.05) is 0 Å². The summed E-state index contributed by atoms with van der Waals surface area (Å²) in [5.74, 6) is 0.814. The first-order valence-corrected chi connectivity index (χ1v) is 39.0. The molecule has 6 aromatic rings. The van der Waals surface area contributed by atoms with E-state index in [-0.39, 0.29) is 28.9 Å². The van der Waals surface area contributed by atoms with Gasteiger partial charge in [0.2, 0.25) is 0 Å². The minimum atomic E-state index is -5.86. The SMILES string of the molecule is Cc1ccc2c(c1-c1cc(C(C)(C)C)cc(C(C)(C)C)c1)C=C(CC(C)C)[CH]2[Zr]([Cl])([Cl])([c]1cccc2c1[SiH2]c1ccccc1-2)[CH]1C(CC(C)C)=Cc2c1ccc(C)c2-c1cc(C(C)(C)C)cc(C(C)(C)C)c1. The van der Waals surface area contributed by atoms with Crippen molar-refractivity contribution in [1.29, 1.82) is 0 Å². The first-order valence-electron chi connectivity index (χ1n) is 27.2. The molecule has 2 unspecified atom stereocenters. The summed E-state index contributed by atoms with van der Waals surface area (Å²) >= 11 is -5.86. The van der Waals surface area contributed by atoms with Crippen molar-refractivity contribution in [2.75, 3.05) is 0 Å². The summed E-state index contributed by atoms with van der Waals surface area (Å²) in [4.78, 5) is 0. The molecule has 0 aromatic heterocycles. The molecule has 0 nitrogen and oxygen atoms in total. The van der Waals surface area contributed by atoms with Gasteiger partial charge in [0, 0.05) is 0 Å². The van der Waals surface area contributed by atoms with Crippen molar-refractivity contribution in [3.8, 4) is 33.4 Å². The maximum absolute atomic E-state index is 9.70. The van der Waals surface area contributed by atoms with Gasteiger partial charge < -0.3 is 0 Å². The van der Waals surface area contributed by atoms with Crippen LogP contribution in [-0.4, -0.2) is 9.52 Å². The van der Waals surface area contributed by atoms with Gasteiger partial charge in [-0.2, -0.15) is 0 Å². The van der Waals surface area contributed by atoms with E-state index in [4.69, 9.17) is 0 Å². The van der Waals surface area contributed by atoms with Gasteiger partial charge in [-0.3, -0.25) is 0 Å². The summed E-state index contributed by atoms with van der Waals surface area (Å²) in [5.41, 5.74) is 24.1. The Morgan fingerprint density at radius 1 is 0.486 bits per heavy atom. The van der Waals surface area contributed by atoms with Gasteiger partial charge in [0.05, 0.1) is 0 Å². The Labute approximate surface area is 446 Å². The monoisotopic (exact) mass is 1090 g/mol. The number of rotatable bonds is 9. The van der Waals surface area contributed by atoms with Gasteiger partial charge in [-0.15, -0.1) is 0 Å². The molecular formula is C68H83Cl2SiZr. The molecule has 0 saturated heterocycles. The number of allylic oxidation sites excluding steroid dienone is 2. The van der Waals surface area contributed by atoms with Crippen molar-refractivity contribution in [2.45, 2.75) is 166 Å². The summed E-state index contributed by atoms with van der Waals surface area (Å²) in [7, 11) is 18.5. The molecule has 6 aromatic carbocycles. The number of hydrogen-bond donors (Lipinski definition) is 0. The minimum absolute atomic E-state index is 0.0191. The number of aryl methyl sites for hydroxylation is 2. The van der Waals surface area contributed by atoms with Gasteiger partial charge in [-0.25, -0.2) is 0 Å². The Bertz CT molecular complexity index is 2990. The van der Waals surface area contributed by atoms with Crippen LogP contribution < -0.4 is 13.6 Å². The van der Waals surface area contributed by atoms with Crippen LogP contribution in [0, 0.1) is 25.7 Å². The zero-order valence-electron chi connectivity index (χ0n) is 47.2. The molecule has 0 amide bonds. The van der Waals surface area contributed by atoms with Gasteiger partial charge in [0.25, 0.3) is 0 Å². The quantitative estimate of drug-likeness (QED) is 0.126. The Hall–Kier alpha value is -3.52. The van der Waals surface area contributed by atoms with E-state index in [9.17, 15) is 17.0 Å². The van der Waals surface area contributed by atoms with Crippen molar-refractivity contribution >= 4 is 52.3 Å². The van der Waals surface area contributed by atoms with Crippen LogP contribution in [0.25, 0.3) is 45.5 Å². The molecule has 9 rings (SSSR count). The van der Waals surface area contributed by atoms with Crippen molar-refractivity contribution in [3.05, 3.63) is 170 Å². The average molecular weight is 1090 g/mol. The molecule has 3 aliphatic rings. The fourth-order valence-corrected chi connectivity index (χ4v) is 40.8. The van der Waals surface area contributed by atoms with Crippen LogP contribution in [0.1, 0.15) is 187 Å². The molecule has 72 heavy (non-hydrogen) atoms. The molecule has 0 N–H and O–H groups in total. The Morgan fingerprint density at radius 3 is 1.26 bits per heavy atom. The van der Waals surface area contributed by atoms with Gasteiger partial charge in [-0.05, 0) is 0 Å². The summed E-state index contributed by atoms with van der Waals surface area (Å²) in [6, 6.07) is 40.9. The van der Waals surface area contributed by atoms with E-state index in [0.29, 0.717) is 11.8 Å². The van der Waals surface area contributed by atoms with E-state index >= 15 is 0 Å². The second-order valence-electron chi connectivity index (χ2n) is 27.4. The summed E-state index contributed by atoms with van der Waals surface area (Å²) in [5, 5.41) is 2.97. The van der Waals surface area contributed by atoms with Crippen LogP contribution in [0.5, 0.6) is 0 Å². The Balaban J connectivity index is 1.40. The number of fused-ring (bicyclic) bond motifs is 5. The molecule has 377 valence electrons. The zero-order chi connectivity index (χ0) is 52.4. The Kier molecular flexibility index (Phi) is 13.6. The molecule has 0 radical (unpaired) electrons. The average Bonchev–Trinajstić information content (AvgIpc) is 3.96. The van der Waals surface area contributed by atoms with E-state index in [2.05, 4.69) is 240 Å². The molecule has 0 fully saturated rings. The van der Waals surface area contributed by atoms with Crippen molar-refractivity contribution in [3.63, 3.8) is 0 Å². The van der Waals surface area contributed by atoms with E-state index < -0.39 is 25.9 Å². The standard InChI is InChI=1S/2C28H37.C12H9Si.2ClH.Zr/c2*1-18(2)12-20-13-21-11-10-19(3)26(25(21)14-20)22-15-23(27(4,5)6)17-24(16-22)28(7,8)9;1-3-7-11-9(5-1)10-6-2-4-8-12(10)13-11;;;/h2*10-11,13-18H,12H2,1-9H3;1-7H,13H2;2*1H;/q;;;;;+2/p-2. The predicted molar refractivity (Wildman–Crippen MR) is 319 cm³/mol. The Morgan fingerprint density at radius 2 is 0.875 bits per heavy atom. The first kappa shape index (κ1) is 53.3. The molecule has 2 atom stereocenters. The van der Waals surface area contributed by atoms with Crippen molar-refractivity contribution in [1.82, 2.24) is 0 Å². The molecule has 4 heteroatoms. The van der Waals surface area contributed by atoms with E-state index in [1.807, 2.05) is 0 Å². The predicted octanol–water partition coefficient (Wildman–Crippen LogP) is 17.9. The second-order valence-corrected chi connectivity index (χ2v) is 49.9. The van der Waals surface area contributed by atoms with Gasteiger partial charge in [0.1, 0.15) is 0 Å². The third kappa shape index (κ3) is 9.26. The third-order valence-corrected chi connectivity index (χ3v) is 39.4. The third-order valence-electron chi connectivity index (χ3n) is 16.6. The molecule has 1 heterocycles. The van der Waals surface area contributed by atoms with Crippen LogP contribution in [0.4, 0.5) is 0 Å². The molecule has 1 aliphatic heterocycles. The first-order chi connectivity index (χ1) is 33.4. The number of halogens is 2. The van der Waals surface area contributed by atoms with Crippen molar-refractivity contribution < 1.29 is 16.4 Å². The zero-order valence-corrected chi connectivity index (χ0v) is 52.5. The number of hydrogen-bond acceptors (Lipinski definition) is 0. The molecule has 0 bridgehead atoms. The van der Waals surface area contributed by atoms with Crippen molar-refractivity contribution in [2.24, 2.45) is 11.8 Å².